The largest absolute Gasteiger partial charge is 0.495 e. The van der Waals surface area contributed by atoms with Gasteiger partial charge in [-0.1, -0.05) is 24.6 Å². The van der Waals surface area contributed by atoms with Crippen LogP contribution < -0.4 is 10.1 Å². The highest BCUT2D eigenvalue weighted by Gasteiger charge is 2.12. The van der Waals surface area contributed by atoms with Crippen molar-refractivity contribution in [3.8, 4) is 5.75 Å². The van der Waals surface area contributed by atoms with Crippen LogP contribution in [0.1, 0.15) is 28.5 Å². The number of hydrogen-bond acceptors (Lipinski definition) is 3. The van der Waals surface area contributed by atoms with E-state index in [4.69, 9.17) is 16.3 Å². The van der Waals surface area contributed by atoms with E-state index in [1.807, 2.05) is 32.0 Å². The Kier molecular flexibility index (Phi) is 4.81. The summed E-state index contributed by atoms with van der Waals surface area (Å²) in [7, 11) is 1.57. The molecule has 110 valence electrons. The van der Waals surface area contributed by atoms with E-state index in [2.05, 4.69) is 10.3 Å². The minimum absolute atomic E-state index is 0.240. The summed E-state index contributed by atoms with van der Waals surface area (Å²) in [6.07, 6.45) is 0.717. The van der Waals surface area contributed by atoms with Crippen LogP contribution in [-0.4, -0.2) is 18.0 Å². The molecule has 1 aromatic heterocycles. The fourth-order valence-electron chi connectivity index (χ4n) is 1.96. The molecule has 0 spiro atoms. The highest BCUT2D eigenvalue weighted by atomic mass is 35.5. The summed E-state index contributed by atoms with van der Waals surface area (Å²) in [5, 5.41) is 3.15. The number of ether oxygens (including phenoxy) is 1. The van der Waals surface area contributed by atoms with Gasteiger partial charge in [0.15, 0.2) is 0 Å². The molecule has 21 heavy (non-hydrogen) atoms. The van der Waals surface area contributed by atoms with Crippen molar-refractivity contribution in [1.82, 2.24) is 4.98 Å². The first kappa shape index (κ1) is 15.3. The van der Waals surface area contributed by atoms with Gasteiger partial charge in [0.2, 0.25) is 0 Å². The van der Waals surface area contributed by atoms with Gasteiger partial charge in [0, 0.05) is 11.3 Å². The molecule has 0 radical (unpaired) electrons. The van der Waals surface area contributed by atoms with Gasteiger partial charge in [0.05, 0.1) is 12.8 Å². The molecule has 1 N–H and O–H groups in total. The maximum Gasteiger partial charge on any atom is 0.255 e. The quantitative estimate of drug-likeness (QED) is 0.872. The molecule has 0 bridgehead atoms. The van der Waals surface area contributed by atoms with Crippen LogP contribution in [0.4, 0.5) is 5.69 Å². The number of rotatable bonds is 4. The lowest BCUT2D eigenvalue weighted by Gasteiger charge is -2.11. The molecule has 2 aromatic rings. The fourth-order valence-corrected chi connectivity index (χ4v) is 2.19. The van der Waals surface area contributed by atoms with Crippen molar-refractivity contribution < 1.29 is 9.53 Å². The number of methoxy groups -OCH3 is 1. The van der Waals surface area contributed by atoms with Gasteiger partial charge >= 0.3 is 0 Å². The standard InChI is InChI=1S/C16H17ClN2O2/c1-4-12-8-11(9-15(17)18-12)16(20)19-13-6-5-10(2)7-14(13)21-3/h5-9H,4H2,1-3H3,(H,19,20). The Hall–Kier alpha value is -2.07. The molecule has 0 saturated heterocycles. The average Bonchev–Trinajstić information content (AvgIpc) is 2.48. The predicted octanol–water partition coefficient (Wildman–Crippen LogP) is 3.87. The highest BCUT2D eigenvalue weighted by molar-refractivity contribution is 6.29. The monoisotopic (exact) mass is 304 g/mol. The summed E-state index contributed by atoms with van der Waals surface area (Å²) in [4.78, 5) is 16.5. The van der Waals surface area contributed by atoms with Crippen molar-refractivity contribution in [2.24, 2.45) is 0 Å². The molecule has 5 heteroatoms. The van der Waals surface area contributed by atoms with E-state index in [0.717, 1.165) is 11.3 Å². The van der Waals surface area contributed by atoms with E-state index in [1.54, 1.807) is 19.2 Å². The molecule has 4 nitrogen and oxygen atoms in total. The Morgan fingerprint density at radius 3 is 2.76 bits per heavy atom. The Labute approximate surface area is 129 Å². The van der Waals surface area contributed by atoms with Crippen LogP contribution >= 0.6 is 11.6 Å². The number of aryl methyl sites for hydroxylation is 2. The number of nitrogens with one attached hydrogen (secondary N) is 1. The van der Waals surface area contributed by atoms with E-state index in [0.29, 0.717) is 28.6 Å². The molecule has 1 heterocycles. The first-order chi connectivity index (χ1) is 10.0. The van der Waals surface area contributed by atoms with Crippen molar-refractivity contribution in [1.29, 1.82) is 0 Å². The van der Waals surface area contributed by atoms with Crippen LogP contribution in [-0.2, 0) is 6.42 Å². The zero-order chi connectivity index (χ0) is 15.4. The number of nitrogens with zero attached hydrogens (tertiary/aromatic N) is 1. The van der Waals surface area contributed by atoms with Crippen LogP contribution in [0.25, 0.3) is 0 Å². The van der Waals surface area contributed by atoms with Gasteiger partial charge in [0.25, 0.3) is 5.91 Å². The number of pyridine rings is 1. The predicted molar refractivity (Wildman–Crippen MR) is 84.3 cm³/mol. The third kappa shape index (κ3) is 3.73. The summed E-state index contributed by atoms with van der Waals surface area (Å²) in [6.45, 7) is 3.92. The Balaban J connectivity index is 2.28. The van der Waals surface area contributed by atoms with Gasteiger partial charge in [-0.15, -0.1) is 0 Å². The zero-order valence-electron chi connectivity index (χ0n) is 12.2. The third-order valence-corrected chi connectivity index (χ3v) is 3.27. The minimum atomic E-state index is -0.240. The van der Waals surface area contributed by atoms with Gasteiger partial charge in [0.1, 0.15) is 10.9 Å². The molecule has 0 aliphatic heterocycles. The maximum atomic E-state index is 12.3. The lowest BCUT2D eigenvalue weighted by molar-refractivity contribution is 0.102. The number of carbonyl (C=O) groups is 1. The van der Waals surface area contributed by atoms with E-state index in [-0.39, 0.29) is 5.91 Å². The molecule has 0 unspecified atom stereocenters. The Bertz CT molecular complexity index is 671. The average molecular weight is 305 g/mol. The highest BCUT2D eigenvalue weighted by Crippen LogP contribution is 2.26. The van der Waals surface area contributed by atoms with Crippen molar-refractivity contribution in [2.45, 2.75) is 20.3 Å². The second-order valence-electron chi connectivity index (χ2n) is 4.68. The lowest BCUT2D eigenvalue weighted by Crippen LogP contribution is -2.13. The van der Waals surface area contributed by atoms with Crippen molar-refractivity contribution in [3.05, 3.63) is 52.3 Å². The van der Waals surface area contributed by atoms with Gasteiger partial charge < -0.3 is 10.1 Å². The topological polar surface area (TPSA) is 51.2 Å². The molecule has 1 aromatic carbocycles. The first-order valence-corrected chi connectivity index (χ1v) is 7.03. The zero-order valence-corrected chi connectivity index (χ0v) is 13.0. The van der Waals surface area contributed by atoms with Crippen LogP contribution in [0, 0.1) is 6.92 Å². The second kappa shape index (κ2) is 6.59. The van der Waals surface area contributed by atoms with Gasteiger partial charge in [-0.2, -0.15) is 0 Å². The second-order valence-corrected chi connectivity index (χ2v) is 5.07. The summed E-state index contributed by atoms with van der Waals surface area (Å²) >= 11 is 5.94. The molecule has 0 aliphatic rings. The molecular formula is C16H17ClN2O2. The molecule has 0 aliphatic carbocycles. The third-order valence-electron chi connectivity index (χ3n) is 3.08. The molecule has 2 rings (SSSR count). The van der Waals surface area contributed by atoms with Crippen molar-refractivity contribution in [3.63, 3.8) is 0 Å². The number of aromatic nitrogens is 1. The summed E-state index contributed by atoms with van der Waals surface area (Å²) in [6, 6.07) is 8.88. The number of hydrogen-bond donors (Lipinski definition) is 1. The van der Waals surface area contributed by atoms with Crippen molar-refractivity contribution in [2.75, 3.05) is 12.4 Å². The molecular weight excluding hydrogens is 288 g/mol. The van der Waals surface area contributed by atoms with Crippen LogP contribution in [0.2, 0.25) is 5.15 Å². The van der Waals surface area contributed by atoms with Gasteiger partial charge in [-0.05, 0) is 43.2 Å². The van der Waals surface area contributed by atoms with Crippen LogP contribution in [0.3, 0.4) is 0 Å². The van der Waals surface area contributed by atoms with E-state index < -0.39 is 0 Å². The first-order valence-electron chi connectivity index (χ1n) is 6.66. The number of carbonyl (C=O) groups excluding carboxylic acids is 1. The minimum Gasteiger partial charge on any atom is -0.495 e. The molecule has 0 atom stereocenters. The summed E-state index contributed by atoms with van der Waals surface area (Å²) in [5.74, 6) is 0.385. The molecule has 1 amide bonds. The van der Waals surface area contributed by atoms with Crippen LogP contribution in [0.15, 0.2) is 30.3 Å². The maximum absolute atomic E-state index is 12.3. The Morgan fingerprint density at radius 2 is 2.10 bits per heavy atom. The summed E-state index contributed by atoms with van der Waals surface area (Å²) < 4.78 is 5.28. The Morgan fingerprint density at radius 1 is 1.33 bits per heavy atom. The summed E-state index contributed by atoms with van der Waals surface area (Å²) in [5.41, 5.74) is 2.95. The normalized spacial score (nSPS) is 10.3. The van der Waals surface area contributed by atoms with Crippen LogP contribution in [0.5, 0.6) is 5.75 Å². The van der Waals surface area contributed by atoms with E-state index in [9.17, 15) is 4.79 Å². The van der Waals surface area contributed by atoms with Crippen molar-refractivity contribution >= 4 is 23.2 Å². The fraction of sp³-hybridized carbons (Fsp3) is 0.250. The van der Waals surface area contributed by atoms with Gasteiger partial charge in [-0.3, -0.25) is 4.79 Å². The molecule has 0 saturated carbocycles. The van der Waals surface area contributed by atoms with E-state index >= 15 is 0 Å². The number of anilines is 1. The number of halogens is 1. The lowest BCUT2D eigenvalue weighted by atomic mass is 10.1. The number of amides is 1. The number of benzene rings is 1. The molecule has 0 fully saturated rings. The SMILES string of the molecule is CCc1cc(C(=O)Nc2ccc(C)cc2OC)cc(Cl)n1. The van der Waals surface area contributed by atoms with E-state index in [1.165, 1.54) is 0 Å². The smallest absolute Gasteiger partial charge is 0.255 e. The van der Waals surface area contributed by atoms with Gasteiger partial charge in [-0.25, -0.2) is 4.98 Å².